The van der Waals surface area contributed by atoms with E-state index >= 15 is 0 Å². The van der Waals surface area contributed by atoms with Crippen LogP contribution in [0, 0.1) is 5.82 Å². The highest BCUT2D eigenvalue weighted by atomic mass is 32.1. The fourth-order valence-corrected chi connectivity index (χ4v) is 5.46. The van der Waals surface area contributed by atoms with Crippen molar-refractivity contribution in [2.75, 3.05) is 32.9 Å². The predicted octanol–water partition coefficient (Wildman–Crippen LogP) is 6.27. The Hall–Kier alpha value is -3.81. The molecule has 0 fully saturated rings. The van der Waals surface area contributed by atoms with Gasteiger partial charge in [-0.1, -0.05) is 12.1 Å². The van der Waals surface area contributed by atoms with Gasteiger partial charge in [0, 0.05) is 35.7 Å². The van der Waals surface area contributed by atoms with Gasteiger partial charge in [0.05, 0.1) is 17.9 Å². The van der Waals surface area contributed by atoms with Crippen LogP contribution in [0.1, 0.15) is 25.0 Å². The van der Waals surface area contributed by atoms with Gasteiger partial charge in [0.15, 0.2) is 0 Å². The molecule has 0 radical (unpaired) electrons. The second-order valence-electron chi connectivity index (χ2n) is 10.4. The van der Waals surface area contributed by atoms with E-state index in [-0.39, 0.29) is 32.1 Å². The monoisotopic (exact) mass is 618 g/mol. The van der Waals surface area contributed by atoms with E-state index in [1.165, 1.54) is 34.6 Å². The number of nitrogens with zero attached hydrogens (tertiary/aromatic N) is 2. The first-order valence-electron chi connectivity index (χ1n) is 13.6. The summed E-state index contributed by atoms with van der Waals surface area (Å²) in [6.07, 6.45) is -4.95. The van der Waals surface area contributed by atoms with Crippen LogP contribution in [0.15, 0.2) is 47.8 Å². The molecule has 2 aromatic heterocycles. The quantitative estimate of drug-likeness (QED) is 0.160. The summed E-state index contributed by atoms with van der Waals surface area (Å²) in [5.41, 5.74) is 2.86. The zero-order valence-electron chi connectivity index (χ0n) is 23.5. The Balaban J connectivity index is 1.22. The molecule has 2 N–H and O–H groups in total. The van der Waals surface area contributed by atoms with E-state index in [0.29, 0.717) is 11.3 Å². The Labute approximate surface area is 249 Å². The largest absolute Gasteiger partial charge is 0.490 e. The molecule has 0 unspecified atom stereocenters. The molecule has 1 amide bonds. The van der Waals surface area contributed by atoms with Gasteiger partial charge in [-0.15, -0.1) is 21.5 Å². The minimum Gasteiger partial charge on any atom is -0.490 e. The average molecular weight is 619 g/mol. The van der Waals surface area contributed by atoms with Crippen molar-refractivity contribution >= 4 is 27.5 Å². The molecule has 0 bridgehead atoms. The van der Waals surface area contributed by atoms with Gasteiger partial charge in [-0.3, -0.25) is 0 Å². The molecular formula is C30H30F4N4O4S. The lowest BCUT2D eigenvalue weighted by molar-refractivity contribution is -0.243. The minimum absolute atomic E-state index is 0.00285. The smallest absolute Gasteiger partial charge is 0.427 e. The van der Waals surface area contributed by atoms with Crippen molar-refractivity contribution in [3.63, 3.8) is 0 Å². The number of alkyl halides is 3. The summed E-state index contributed by atoms with van der Waals surface area (Å²) in [6, 6.07) is 12.5. The van der Waals surface area contributed by atoms with Gasteiger partial charge in [0.2, 0.25) is 5.60 Å². The van der Waals surface area contributed by atoms with Gasteiger partial charge in [-0.25, -0.2) is 9.18 Å². The second kappa shape index (κ2) is 12.8. The third-order valence-electron chi connectivity index (χ3n) is 6.98. The lowest BCUT2D eigenvalue weighted by Gasteiger charge is -2.27. The van der Waals surface area contributed by atoms with Crippen molar-refractivity contribution < 1.29 is 36.6 Å². The molecule has 0 spiro atoms. The number of aromatic nitrogens is 2. The molecule has 3 heterocycles. The van der Waals surface area contributed by atoms with Crippen LogP contribution >= 0.6 is 11.3 Å². The molecular weight excluding hydrogens is 588 g/mol. The first kappa shape index (κ1) is 30.6. The molecule has 5 rings (SSSR count). The number of carbonyl (C=O) groups is 1. The summed E-state index contributed by atoms with van der Waals surface area (Å²) < 4.78 is 69.3. The molecule has 4 aromatic rings. The van der Waals surface area contributed by atoms with Gasteiger partial charge in [0.1, 0.15) is 29.6 Å². The number of amides is 1. The molecule has 8 nitrogen and oxygen atoms in total. The molecule has 0 saturated carbocycles. The molecule has 0 atom stereocenters. The normalized spacial score (nSPS) is 13.5. The Kier molecular flexibility index (Phi) is 9.13. The highest BCUT2D eigenvalue weighted by Crippen LogP contribution is 2.39. The van der Waals surface area contributed by atoms with Gasteiger partial charge >= 0.3 is 12.3 Å². The van der Waals surface area contributed by atoms with Crippen LogP contribution in [-0.2, 0) is 22.4 Å². The summed E-state index contributed by atoms with van der Waals surface area (Å²) >= 11 is 1.51. The average Bonchev–Trinajstić information content (AvgIpc) is 3.46. The lowest BCUT2D eigenvalue weighted by atomic mass is 9.96. The minimum atomic E-state index is -4.70. The number of nitrogens with one attached hydrogen (secondary N) is 2. The third kappa shape index (κ3) is 7.06. The van der Waals surface area contributed by atoms with Crippen molar-refractivity contribution in [1.82, 2.24) is 20.8 Å². The highest BCUT2D eigenvalue weighted by Gasteiger charge is 2.50. The Morgan fingerprint density at radius 3 is 2.65 bits per heavy atom. The summed E-state index contributed by atoms with van der Waals surface area (Å²) in [4.78, 5) is 11.7. The second-order valence-corrected chi connectivity index (χ2v) is 11.3. The number of fused-ring (bicyclic) bond motifs is 2. The van der Waals surface area contributed by atoms with Crippen molar-refractivity contribution in [3.05, 3.63) is 64.8 Å². The van der Waals surface area contributed by atoms with Crippen molar-refractivity contribution in [2.24, 2.45) is 0 Å². The molecule has 13 heteroatoms. The van der Waals surface area contributed by atoms with Crippen LogP contribution in [0.5, 0.6) is 5.75 Å². The lowest BCUT2D eigenvalue weighted by Crippen LogP contribution is -2.46. The Morgan fingerprint density at radius 2 is 1.84 bits per heavy atom. The standard InChI is InChI=1S/C30H30F4N4O4S/c1-29(2,30(32,33)34)42-28(39)36-10-11-40-12-13-41-24-16-21(31)5-6-22(24)26-27-23(8-14-43-27)25(37-38-26)19-3-4-20-17-35-9-7-18(20)15-19/h3-6,8,14-16,35H,7,9-13,17H2,1-2H3,(H,36,39). The van der Waals surface area contributed by atoms with Crippen LogP contribution in [0.2, 0.25) is 0 Å². The molecule has 228 valence electrons. The number of rotatable bonds is 10. The van der Waals surface area contributed by atoms with Gasteiger partial charge < -0.3 is 24.8 Å². The van der Waals surface area contributed by atoms with Crippen LogP contribution in [0.25, 0.3) is 32.6 Å². The van der Waals surface area contributed by atoms with Crippen molar-refractivity contribution in [2.45, 2.75) is 38.6 Å². The number of hydrogen-bond acceptors (Lipinski definition) is 8. The third-order valence-corrected chi connectivity index (χ3v) is 7.90. The van der Waals surface area contributed by atoms with E-state index in [2.05, 4.69) is 43.8 Å². The van der Waals surface area contributed by atoms with Crippen LogP contribution in [0.3, 0.4) is 0 Å². The molecule has 1 aliphatic heterocycles. The van der Waals surface area contributed by atoms with Crippen molar-refractivity contribution in [1.29, 1.82) is 0 Å². The number of carbonyl (C=O) groups excluding carboxylic acids is 1. The van der Waals surface area contributed by atoms with Gasteiger partial charge in [-0.2, -0.15) is 13.2 Å². The van der Waals surface area contributed by atoms with E-state index in [1.54, 1.807) is 6.07 Å². The van der Waals surface area contributed by atoms with Crippen LogP contribution in [-0.4, -0.2) is 61.0 Å². The molecule has 0 saturated heterocycles. The molecule has 2 aromatic carbocycles. The molecule has 0 aliphatic carbocycles. The van der Waals surface area contributed by atoms with Crippen LogP contribution < -0.4 is 15.4 Å². The molecule has 43 heavy (non-hydrogen) atoms. The van der Waals surface area contributed by atoms with E-state index in [9.17, 15) is 22.4 Å². The SMILES string of the molecule is CC(C)(OC(=O)NCCOCCOc1cc(F)ccc1-c1nnc(-c2ccc3c(c2)CCNC3)c2ccsc12)C(F)(F)F. The van der Waals surface area contributed by atoms with Crippen LogP contribution in [0.4, 0.5) is 22.4 Å². The van der Waals surface area contributed by atoms with Gasteiger partial charge in [0.25, 0.3) is 0 Å². The first-order chi connectivity index (χ1) is 20.5. The summed E-state index contributed by atoms with van der Waals surface area (Å²) in [7, 11) is 0. The fourth-order valence-electron chi connectivity index (χ4n) is 4.57. The maximum atomic E-state index is 14.2. The Bertz CT molecular complexity index is 1610. The maximum Gasteiger partial charge on any atom is 0.427 e. The number of halogens is 4. The van der Waals surface area contributed by atoms with Gasteiger partial charge in [-0.05, 0) is 67.6 Å². The number of thiophene rings is 1. The highest BCUT2D eigenvalue weighted by molar-refractivity contribution is 7.17. The topological polar surface area (TPSA) is 94.6 Å². The zero-order chi connectivity index (χ0) is 30.6. The Morgan fingerprint density at radius 1 is 1.02 bits per heavy atom. The van der Waals surface area contributed by atoms with E-state index in [1.807, 2.05) is 11.4 Å². The number of alkyl carbamates (subject to hydrolysis) is 1. The number of hydrogen-bond donors (Lipinski definition) is 2. The molecule has 1 aliphatic rings. The van der Waals surface area contributed by atoms with E-state index < -0.39 is 23.7 Å². The summed E-state index contributed by atoms with van der Waals surface area (Å²) in [6.45, 7) is 3.36. The first-order valence-corrected chi connectivity index (χ1v) is 14.5. The maximum absolute atomic E-state index is 14.2. The van der Waals surface area contributed by atoms with E-state index in [4.69, 9.17) is 9.47 Å². The zero-order valence-corrected chi connectivity index (χ0v) is 24.3. The predicted molar refractivity (Wildman–Crippen MR) is 155 cm³/mol. The van der Waals surface area contributed by atoms with Crippen molar-refractivity contribution in [3.8, 4) is 28.3 Å². The fraction of sp³-hybridized carbons (Fsp3) is 0.367. The summed E-state index contributed by atoms with van der Waals surface area (Å²) in [5, 5.41) is 17.6. The number of benzene rings is 2. The van der Waals surface area contributed by atoms with E-state index in [0.717, 1.165) is 54.7 Å². The summed E-state index contributed by atoms with van der Waals surface area (Å²) in [5.74, 6) is -0.225. The number of ether oxygens (including phenoxy) is 3.